The first kappa shape index (κ1) is 16.2. The fraction of sp³-hybridized carbons (Fsp3) is 0.417. The molecule has 0 aliphatic carbocycles. The molecule has 0 fully saturated rings. The van der Waals surface area contributed by atoms with Gasteiger partial charge in [0.1, 0.15) is 0 Å². The number of halogens is 2. The van der Waals surface area contributed by atoms with Crippen LogP contribution in [0, 0.1) is 10.1 Å². The summed E-state index contributed by atoms with van der Waals surface area (Å²) in [5.41, 5.74) is 0.468. The number of alkyl halides is 2. The lowest BCUT2D eigenvalue weighted by Crippen LogP contribution is -2.42. The summed E-state index contributed by atoms with van der Waals surface area (Å²) in [6.07, 6.45) is -1.12. The molecule has 0 aliphatic rings. The number of nitro groups is 1. The number of nitro benzene ring substituents is 1. The minimum atomic E-state index is -1.27. The van der Waals surface area contributed by atoms with E-state index in [0.717, 1.165) is 0 Å². The highest BCUT2D eigenvalue weighted by atomic mass is 35.5. The average molecular weight is 305 g/mol. The van der Waals surface area contributed by atoms with Gasteiger partial charge in [-0.15, -0.1) is 11.6 Å². The number of nitrogens with one attached hydrogen (secondary N) is 1. The minimum Gasteiger partial charge on any atom is -0.465 e. The monoisotopic (exact) mass is 304 g/mol. The van der Waals surface area contributed by atoms with Gasteiger partial charge in [0.05, 0.1) is 23.0 Å². The summed E-state index contributed by atoms with van der Waals surface area (Å²) in [5.74, 6) is 0. The van der Waals surface area contributed by atoms with Crippen molar-refractivity contribution < 1.29 is 19.2 Å². The number of carboxylic acid groups (broad SMARTS) is 1. The van der Waals surface area contributed by atoms with Crippen molar-refractivity contribution in [3.8, 4) is 0 Å². The number of hydrogen-bond donors (Lipinski definition) is 2. The van der Waals surface area contributed by atoms with E-state index in [4.69, 9.17) is 16.7 Å². The molecular weight excluding hydrogens is 291 g/mol. The average Bonchev–Trinajstić information content (AvgIpc) is 2.38. The van der Waals surface area contributed by atoms with E-state index >= 15 is 0 Å². The Kier molecular flexibility index (Phi) is 6.17. The van der Waals surface area contributed by atoms with Crippen molar-refractivity contribution >= 4 is 23.4 Å². The van der Waals surface area contributed by atoms with Crippen molar-refractivity contribution in [2.75, 3.05) is 6.67 Å². The van der Waals surface area contributed by atoms with Gasteiger partial charge in [0.25, 0.3) is 5.69 Å². The molecular formula is C12H14ClFN2O4. The number of nitrogens with zero attached hydrogens (tertiary/aromatic N) is 1. The standard InChI is InChI=1S/C12H14ClFN2O4/c13-10(4-5-14)11(15-12(17)18)7-8-2-1-3-9(6-8)16(19)20/h1-3,6,10-11,15H,4-5,7H2,(H,17,18). The van der Waals surface area contributed by atoms with E-state index in [0.29, 0.717) is 5.56 Å². The van der Waals surface area contributed by atoms with Gasteiger partial charge < -0.3 is 10.4 Å². The first-order valence-electron chi connectivity index (χ1n) is 5.87. The molecule has 2 N–H and O–H groups in total. The van der Waals surface area contributed by atoms with Gasteiger partial charge in [-0.2, -0.15) is 0 Å². The molecule has 1 aromatic rings. The Morgan fingerprint density at radius 3 is 2.80 bits per heavy atom. The van der Waals surface area contributed by atoms with E-state index in [2.05, 4.69) is 5.32 Å². The van der Waals surface area contributed by atoms with Crippen LogP contribution >= 0.6 is 11.6 Å². The van der Waals surface area contributed by atoms with Crippen LogP contribution in [0.1, 0.15) is 12.0 Å². The van der Waals surface area contributed by atoms with E-state index in [1.165, 1.54) is 18.2 Å². The second kappa shape index (κ2) is 7.64. The molecule has 2 unspecified atom stereocenters. The molecule has 1 rings (SSSR count). The van der Waals surface area contributed by atoms with E-state index in [9.17, 15) is 19.3 Å². The van der Waals surface area contributed by atoms with Crippen LogP contribution in [0.4, 0.5) is 14.9 Å². The molecule has 0 saturated heterocycles. The van der Waals surface area contributed by atoms with Gasteiger partial charge in [0.2, 0.25) is 0 Å². The van der Waals surface area contributed by atoms with Gasteiger partial charge in [0, 0.05) is 12.1 Å². The number of hydrogen-bond acceptors (Lipinski definition) is 3. The first-order chi connectivity index (χ1) is 9.43. The predicted octanol–water partition coefficient (Wildman–Crippen LogP) is 2.74. The highest BCUT2D eigenvalue weighted by molar-refractivity contribution is 6.21. The van der Waals surface area contributed by atoms with Crippen LogP contribution in [0.2, 0.25) is 0 Å². The third-order valence-corrected chi connectivity index (χ3v) is 3.23. The topological polar surface area (TPSA) is 92.5 Å². The molecule has 0 heterocycles. The number of non-ortho nitro benzene ring substituents is 1. The molecule has 0 spiro atoms. The van der Waals surface area contributed by atoms with E-state index in [-0.39, 0.29) is 18.5 Å². The third kappa shape index (κ3) is 5.00. The Labute approximate surface area is 119 Å². The second-order valence-corrected chi connectivity index (χ2v) is 4.74. The molecule has 0 bridgehead atoms. The Balaban J connectivity index is 2.85. The van der Waals surface area contributed by atoms with Gasteiger partial charge in [-0.05, 0) is 18.4 Å². The predicted molar refractivity (Wildman–Crippen MR) is 72.0 cm³/mol. The summed E-state index contributed by atoms with van der Waals surface area (Å²) in [7, 11) is 0. The van der Waals surface area contributed by atoms with Gasteiger partial charge in [-0.3, -0.25) is 14.5 Å². The Morgan fingerprint density at radius 1 is 1.55 bits per heavy atom. The zero-order valence-electron chi connectivity index (χ0n) is 10.5. The maximum absolute atomic E-state index is 12.3. The van der Waals surface area contributed by atoms with E-state index in [1.54, 1.807) is 6.07 Å². The number of benzene rings is 1. The van der Waals surface area contributed by atoms with Crippen LogP contribution in [0.3, 0.4) is 0 Å². The molecule has 0 radical (unpaired) electrons. The Morgan fingerprint density at radius 2 is 2.25 bits per heavy atom. The largest absolute Gasteiger partial charge is 0.465 e. The smallest absolute Gasteiger partial charge is 0.404 e. The summed E-state index contributed by atoms with van der Waals surface area (Å²) in [6.45, 7) is -0.666. The molecule has 0 aliphatic heterocycles. The lowest BCUT2D eigenvalue weighted by atomic mass is 10.0. The van der Waals surface area contributed by atoms with Crippen molar-refractivity contribution in [2.45, 2.75) is 24.3 Å². The van der Waals surface area contributed by atoms with Crippen molar-refractivity contribution in [1.82, 2.24) is 5.32 Å². The SMILES string of the molecule is O=C(O)NC(Cc1cccc([N+](=O)[O-])c1)C(Cl)CCF. The summed E-state index contributed by atoms with van der Waals surface area (Å²) in [5, 5.41) is 20.9. The van der Waals surface area contributed by atoms with Gasteiger partial charge >= 0.3 is 6.09 Å². The van der Waals surface area contributed by atoms with Gasteiger partial charge in [-0.25, -0.2) is 4.79 Å². The maximum atomic E-state index is 12.3. The van der Waals surface area contributed by atoms with Crippen LogP contribution in [-0.2, 0) is 6.42 Å². The number of amides is 1. The molecule has 1 amide bonds. The van der Waals surface area contributed by atoms with Crippen LogP contribution in [0.25, 0.3) is 0 Å². The van der Waals surface area contributed by atoms with E-state index in [1.807, 2.05) is 0 Å². The molecule has 6 nitrogen and oxygen atoms in total. The number of rotatable bonds is 7. The fourth-order valence-corrected chi connectivity index (χ4v) is 2.02. The highest BCUT2D eigenvalue weighted by Gasteiger charge is 2.22. The van der Waals surface area contributed by atoms with Crippen molar-refractivity contribution in [3.05, 3.63) is 39.9 Å². The highest BCUT2D eigenvalue weighted by Crippen LogP contribution is 2.18. The van der Waals surface area contributed by atoms with Crippen LogP contribution in [-0.4, -0.2) is 34.2 Å². The quantitative estimate of drug-likeness (QED) is 0.460. The van der Waals surface area contributed by atoms with Crippen molar-refractivity contribution in [3.63, 3.8) is 0 Å². The molecule has 20 heavy (non-hydrogen) atoms. The Bertz CT molecular complexity index is 486. The zero-order chi connectivity index (χ0) is 15.1. The van der Waals surface area contributed by atoms with Gasteiger partial charge in [-0.1, -0.05) is 12.1 Å². The zero-order valence-corrected chi connectivity index (χ0v) is 11.2. The molecule has 0 saturated carbocycles. The molecule has 2 atom stereocenters. The first-order valence-corrected chi connectivity index (χ1v) is 6.30. The summed E-state index contributed by atoms with van der Waals surface area (Å²) < 4.78 is 12.3. The third-order valence-electron chi connectivity index (χ3n) is 2.71. The lowest BCUT2D eigenvalue weighted by molar-refractivity contribution is -0.384. The van der Waals surface area contributed by atoms with E-state index < -0.39 is 29.1 Å². The summed E-state index contributed by atoms with van der Waals surface area (Å²) in [4.78, 5) is 20.8. The maximum Gasteiger partial charge on any atom is 0.404 e. The summed E-state index contributed by atoms with van der Waals surface area (Å²) in [6, 6.07) is 5.09. The van der Waals surface area contributed by atoms with Crippen molar-refractivity contribution in [1.29, 1.82) is 0 Å². The summed E-state index contributed by atoms with van der Waals surface area (Å²) >= 11 is 5.94. The van der Waals surface area contributed by atoms with Gasteiger partial charge in [0.15, 0.2) is 0 Å². The van der Waals surface area contributed by atoms with Crippen LogP contribution in [0.15, 0.2) is 24.3 Å². The molecule has 1 aromatic carbocycles. The Hall–Kier alpha value is -1.89. The minimum absolute atomic E-state index is 0.00142. The van der Waals surface area contributed by atoms with Crippen molar-refractivity contribution in [2.24, 2.45) is 0 Å². The molecule has 8 heteroatoms. The fourth-order valence-electron chi connectivity index (χ4n) is 1.78. The lowest BCUT2D eigenvalue weighted by Gasteiger charge is -2.21. The second-order valence-electron chi connectivity index (χ2n) is 4.18. The molecule has 0 aromatic heterocycles. The van der Waals surface area contributed by atoms with Crippen LogP contribution < -0.4 is 5.32 Å². The molecule has 110 valence electrons. The van der Waals surface area contributed by atoms with Crippen LogP contribution in [0.5, 0.6) is 0 Å². The number of carbonyl (C=O) groups is 1. The normalized spacial score (nSPS) is 13.5.